The van der Waals surface area contributed by atoms with E-state index in [1.165, 1.54) is 25.7 Å². The predicted octanol–water partition coefficient (Wildman–Crippen LogP) is 1.73. The number of rotatable bonds is 6. The van der Waals surface area contributed by atoms with Crippen LogP contribution in [-0.4, -0.2) is 29.7 Å². The van der Waals surface area contributed by atoms with Crippen LogP contribution < -0.4 is 10.6 Å². The highest BCUT2D eigenvalue weighted by Crippen LogP contribution is 2.27. The third-order valence-corrected chi connectivity index (χ3v) is 3.32. The number of hydrogen-bond acceptors (Lipinski definition) is 2. The molecule has 0 spiro atoms. The molecule has 0 unspecified atom stereocenters. The fourth-order valence-corrected chi connectivity index (χ4v) is 2.27. The van der Waals surface area contributed by atoms with E-state index in [0.29, 0.717) is 18.9 Å². The van der Waals surface area contributed by atoms with Crippen LogP contribution in [0.4, 0.5) is 4.79 Å². The molecule has 1 rings (SSSR count). The molecular formula is C12H22N2O3. The Morgan fingerprint density at radius 1 is 1.35 bits per heavy atom. The third kappa shape index (κ3) is 5.56. The van der Waals surface area contributed by atoms with E-state index in [9.17, 15) is 9.59 Å². The van der Waals surface area contributed by atoms with E-state index in [2.05, 4.69) is 10.6 Å². The Bertz CT molecular complexity index is 262. The van der Waals surface area contributed by atoms with Crippen molar-refractivity contribution in [3.63, 3.8) is 0 Å². The molecule has 17 heavy (non-hydrogen) atoms. The van der Waals surface area contributed by atoms with Gasteiger partial charge in [-0.05, 0) is 32.1 Å². The quantitative estimate of drug-likeness (QED) is 0.621. The Labute approximate surface area is 102 Å². The number of carbonyl (C=O) groups excluding carboxylic acids is 1. The van der Waals surface area contributed by atoms with E-state index in [4.69, 9.17) is 5.11 Å². The van der Waals surface area contributed by atoms with Crippen LogP contribution in [0.5, 0.6) is 0 Å². The number of aliphatic carboxylic acids is 1. The molecular weight excluding hydrogens is 220 g/mol. The number of amides is 2. The van der Waals surface area contributed by atoms with Crippen LogP contribution in [-0.2, 0) is 4.79 Å². The van der Waals surface area contributed by atoms with E-state index in [1.807, 2.05) is 6.92 Å². The molecule has 0 bridgehead atoms. The molecule has 3 N–H and O–H groups in total. The van der Waals surface area contributed by atoms with Gasteiger partial charge >= 0.3 is 12.0 Å². The molecule has 5 heteroatoms. The van der Waals surface area contributed by atoms with Crippen molar-refractivity contribution in [1.29, 1.82) is 0 Å². The van der Waals surface area contributed by atoms with E-state index in [0.717, 1.165) is 0 Å². The Balaban J connectivity index is 2.09. The van der Waals surface area contributed by atoms with Gasteiger partial charge in [0.15, 0.2) is 0 Å². The van der Waals surface area contributed by atoms with Gasteiger partial charge in [0.2, 0.25) is 0 Å². The van der Waals surface area contributed by atoms with Crippen LogP contribution in [0.15, 0.2) is 0 Å². The summed E-state index contributed by atoms with van der Waals surface area (Å²) in [5.74, 6) is -0.230. The lowest BCUT2D eigenvalue weighted by Crippen LogP contribution is -2.43. The van der Waals surface area contributed by atoms with Crippen molar-refractivity contribution < 1.29 is 14.7 Å². The first-order valence-electron chi connectivity index (χ1n) is 6.35. The molecule has 0 aromatic carbocycles. The third-order valence-electron chi connectivity index (χ3n) is 3.32. The molecule has 1 atom stereocenters. The van der Waals surface area contributed by atoms with E-state index in [-0.39, 0.29) is 18.5 Å². The molecule has 1 saturated carbocycles. The van der Waals surface area contributed by atoms with Crippen molar-refractivity contribution in [1.82, 2.24) is 10.6 Å². The van der Waals surface area contributed by atoms with Gasteiger partial charge in [0, 0.05) is 19.0 Å². The topological polar surface area (TPSA) is 78.4 Å². The van der Waals surface area contributed by atoms with Crippen LogP contribution in [0.3, 0.4) is 0 Å². The first-order valence-corrected chi connectivity index (χ1v) is 6.35. The van der Waals surface area contributed by atoms with Crippen LogP contribution in [0, 0.1) is 5.92 Å². The summed E-state index contributed by atoms with van der Waals surface area (Å²) in [5.41, 5.74) is 0. The van der Waals surface area contributed by atoms with Crippen molar-refractivity contribution in [3.8, 4) is 0 Å². The van der Waals surface area contributed by atoms with Gasteiger partial charge in [-0.2, -0.15) is 0 Å². The maximum absolute atomic E-state index is 11.5. The normalized spacial score (nSPS) is 17.7. The van der Waals surface area contributed by atoms with Gasteiger partial charge in [-0.3, -0.25) is 4.79 Å². The number of nitrogens with one attached hydrogen (secondary N) is 2. The second-order valence-electron chi connectivity index (χ2n) is 4.73. The van der Waals surface area contributed by atoms with E-state index >= 15 is 0 Å². The van der Waals surface area contributed by atoms with Gasteiger partial charge < -0.3 is 15.7 Å². The summed E-state index contributed by atoms with van der Waals surface area (Å²) < 4.78 is 0. The maximum Gasteiger partial charge on any atom is 0.315 e. The number of hydrogen-bond donors (Lipinski definition) is 3. The highest BCUT2D eigenvalue weighted by Gasteiger charge is 2.22. The summed E-state index contributed by atoms with van der Waals surface area (Å²) in [6.07, 6.45) is 5.48. The first-order chi connectivity index (χ1) is 8.09. The Kier molecular flexibility index (Phi) is 5.80. The molecule has 2 amide bonds. The van der Waals surface area contributed by atoms with Crippen LogP contribution in [0.2, 0.25) is 0 Å². The molecule has 5 nitrogen and oxygen atoms in total. The molecule has 1 aliphatic carbocycles. The molecule has 0 aromatic rings. The molecule has 98 valence electrons. The van der Waals surface area contributed by atoms with Crippen molar-refractivity contribution in [2.45, 2.75) is 51.5 Å². The Morgan fingerprint density at radius 2 is 2.00 bits per heavy atom. The van der Waals surface area contributed by atoms with Crippen molar-refractivity contribution in [3.05, 3.63) is 0 Å². The second kappa shape index (κ2) is 7.14. The van der Waals surface area contributed by atoms with Gasteiger partial charge in [0.05, 0.1) is 0 Å². The highest BCUT2D eigenvalue weighted by molar-refractivity contribution is 5.74. The Hall–Kier alpha value is -1.26. The minimum atomic E-state index is -0.827. The molecule has 0 heterocycles. The standard InChI is InChI=1S/C12H22N2O3/c1-9(10-5-2-3-6-10)14-12(17)13-8-4-7-11(15)16/h9-10H,2-8H2,1H3,(H,15,16)(H2,13,14,17)/t9-/m1/s1. The van der Waals surface area contributed by atoms with Gasteiger partial charge in [-0.1, -0.05) is 12.8 Å². The van der Waals surface area contributed by atoms with Gasteiger partial charge in [-0.15, -0.1) is 0 Å². The number of carboxylic acid groups (broad SMARTS) is 1. The van der Waals surface area contributed by atoms with Crippen molar-refractivity contribution >= 4 is 12.0 Å². The zero-order valence-corrected chi connectivity index (χ0v) is 10.4. The maximum atomic E-state index is 11.5. The minimum Gasteiger partial charge on any atom is -0.481 e. The SMILES string of the molecule is C[C@@H](NC(=O)NCCCC(=O)O)C1CCCC1. The van der Waals surface area contributed by atoms with Crippen LogP contribution in [0.1, 0.15) is 45.4 Å². The highest BCUT2D eigenvalue weighted by atomic mass is 16.4. The van der Waals surface area contributed by atoms with Crippen molar-refractivity contribution in [2.75, 3.05) is 6.54 Å². The van der Waals surface area contributed by atoms with Gasteiger partial charge in [-0.25, -0.2) is 4.79 Å². The number of carbonyl (C=O) groups is 2. The lowest BCUT2D eigenvalue weighted by molar-refractivity contribution is -0.137. The first kappa shape index (κ1) is 13.8. The largest absolute Gasteiger partial charge is 0.481 e. The number of urea groups is 1. The molecule has 0 radical (unpaired) electrons. The average Bonchev–Trinajstić information content (AvgIpc) is 2.77. The Morgan fingerprint density at radius 3 is 2.59 bits per heavy atom. The molecule has 0 aliphatic heterocycles. The summed E-state index contributed by atoms with van der Waals surface area (Å²) in [7, 11) is 0. The molecule has 0 aromatic heterocycles. The fraction of sp³-hybridized carbons (Fsp3) is 0.833. The lowest BCUT2D eigenvalue weighted by atomic mass is 10.0. The van der Waals surface area contributed by atoms with E-state index in [1.54, 1.807) is 0 Å². The monoisotopic (exact) mass is 242 g/mol. The smallest absolute Gasteiger partial charge is 0.315 e. The lowest BCUT2D eigenvalue weighted by Gasteiger charge is -2.20. The zero-order chi connectivity index (χ0) is 12.7. The van der Waals surface area contributed by atoms with E-state index < -0.39 is 5.97 Å². The van der Waals surface area contributed by atoms with Gasteiger partial charge in [0.1, 0.15) is 0 Å². The summed E-state index contributed by atoms with van der Waals surface area (Å²) in [4.78, 5) is 21.8. The summed E-state index contributed by atoms with van der Waals surface area (Å²) >= 11 is 0. The van der Waals surface area contributed by atoms with Gasteiger partial charge in [0.25, 0.3) is 0 Å². The van der Waals surface area contributed by atoms with Crippen molar-refractivity contribution in [2.24, 2.45) is 5.92 Å². The van der Waals surface area contributed by atoms with Crippen LogP contribution >= 0.6 is 0 Å². The summed E-state index contributed by atoms with van der Waals surface area (Å²) in [6, 6.07) is 0.0202. The summed E-state index contributed by atoms with van der Waals surface area (Å²) in [6.45, 7) is 2.45. The minimum absolute atomic E-state index is 0.0957. The molecule has 1 fully saturated rings. The molecule has 1 aliphatic rings. The molecule has 0 saturated heterocycles. The second-order valence-corrected chi connectivity index (χ2v) is 4.73. The number of carboxylic acids is 1. The predicted molar refractivity (Wildman–Crippen MR) is 64.8 cm³/mol. The fourth-order valence-electron chi connectivity index (χ4n) is 2.27. The summed E-state index contributed by atoms with van der Waals surface area (Å²) in [5, 5.41) is 14.0. The zero-order valence-electron chi connectivity index (χ0n) is 10.4. The van der Waals surface area contributed by atoms with Crippen LogP contribution in [0.25, 0.3) is 0 Å². The average molecular weight is 242 g/mol.